The molecule has 0 aliphatic heterocycles. The van der Waals surface area contributed by atoms with Crippen LogP contribution in [-0.2, 0) is 16.1 Å². The van der Waals surface area contributed by atoms with E-state index in [0.29, 0.717) is 10.3 Å². The van der Waals surface area contributed by atoms with Gasteiger partial charge in [-0.25, -0.2) is 0 Å². The maximum absolute atomic E-state index is 10.7. The lowest BCUT2D eigenvalue weighted by Gasteiger charge is -1.96. The Balaban J connectivity index is 2.81. The van der Waals surface area contributed by atoms with Crippen molar-refractivity contribution in [2.75, 3.05) is 5.32 Å². The molecular formula is C7H8BrN3O3. The van der Waals surface area contributed by atoms with Gasteiger partial charge >= 0.3 is 5.97 Å². The average molecular weight is 262 g/mol. The number of carbonyl (C=O) groups excluding carboxylic acids is 1. The molecule has 1 amide bonds. The summed E-state index contributed by atoms with van der Waals surface area (Å²) in [5.74, 6) is -0.931. The molecule has 76 valence electrons. The number of anilines is 1. The Morgan fingerprint density at radius 3 is 2.86 bits per heavy atom. The molecule has 1 heterocycles. The summed E-state index contributed by atoms with van der Waals surface area (Å²) in [5.41, 5.74) is 0. The van der Waals surface area contributed by atoms with Gasteiger partial charge in [0.15, 0.2) is 5.82 Å². The summed E-state index contributed by atoms with van der Waals surface area (Å²) in [6.07, 6.45) is 1.49. The van der Waals surface area contributed by atoms with Gasteiger partial charge in [0.2, 0.25) is 5.91 Å². The van der Waals surface area contributed by atoms with E-state index >= 15 is 0 Å². The highest BCUT2D eigenvalue weighted by Gasteiger charge is 2.09. The second-order valence-electron chi connectivity index (χ2n) is 2.60. The van der Waals surface area contributed by atoms with Gasteiger partial charge in [0, 0.05) is 13.1 Å². The van der Waals surface area contributed by atoms with Crippen molar-refractivity contribution < 1.29 is 14.7 Å². The molecule has 6 nitrogen and oxygen atoms in total. The minimum Gasteiger partial charge on any atom is -0.480 e. The number of hydrogen-bond acceptors (Lipinski definition) is 3. The van der Waals surface area contributed by atoms with Crippen molar-refractivity contribution in [2.24, 2.45) is 0 Å². The van der Waals surface area contributed by atoms with Gasteiger partial charge in [0.25, 0.3) is 0 Å². The highest BCUT2D eigenvalue weighted by Crippen LogP contribution is 2.19. The summed E-state index contributed by atoms with van der Waals surface area (Å²) in [6.45, 7) is 1.11. The Morgan fingerprint density at radius 2 is 2.36 bits per heavy atom. The molecule has 0 saturated heterocycles. The van der Waals surface area contributed by atoms with Crippen LogP contribution in [0.1, 0.15) is 6.92 Å². The minimum atomic E-state index is -0.991. The van der Waals surface area contributed by atoms with Crippen LogP contribution in [0.2, 0.25) is 0 Å². The third kappa shape index (κ3) is 2.84. The van der Waals surface area contributed by atoms with Crippen LogP contribution in [-0.4, -0.2) is 26.8 Å². The van der Waals surface area contributed by atoms with Crippen molar-refractivity contribution in [3.05, 3.63) is 10.7 Å². The standard InChI is InChI=1S/C7H8BrN3O3/c1-4(12)9-7-5(8)2-11(10-7)3-6(13)14/h2H,3H2,1H3,(H,13,14)(H,9,10,12). The number of halogens is 1. The fourth-order valence-electron chi connectivity index (χ4n) is 0.868. The predicted octanol–water partition coefficient (Wildman–Crippen LogP) is 0.689. The van der Waals surface area contributed by atoms with Gasteiger partial charge in [0.1, 0.15) is 6.54 Å². The van der Waals surface area contributed by atoms with Gasteiger partial charge in [0.05, 0.1) is 4.47 Å². The minimum absolute atomic E-state index is 0.238. The maximum Gasteiger partial charge on any atom is 0.325 e. The molecule has 0 bridgehead atoms. The summed E-state index contributed by atoms with van der Waals surface area (Å²) in [4.78, 5) is 21.0. The lowest BCUT2D eigenvalue weighted by Crippen LogP contribution is -2.11. The fourth-order valence-corrected chi connectivity index (χ4v) is 1.28. The van der Waals surface area contributed by atoms with E-state index in [2.05, 4.69) is 26.3 Å². The number of aromatic nitrogens is 2. The molecule has 0 aromatic carbocycles. The Labute approximate surface area is 88.0 Å². The highest BCUT2D eigenvalue weighted by molar-refractivity contribution is 9.10. The highest BCUT2D eigenvalue weighted by atomic mass is 79.9. The predicted molar refractivity (Wildman–Crippen MR) is 51.9 cm³/mol. The van der Waals surface area contributed by atoms with Gasteiger partial charge in [-0.05, 0) is 15.9 Å². The van der Waals surface area contributed by atoms with Crippen LogP contribution in [0.4, 0.5) is 5.82 Å². The van der Waals surface area contributed by atoms with E-state index in [9.17, 15) is 9.59 Å². The molecule has 0 fully saturated rings. The molecule has 1 aromatic rings. The third-order valence-corrected chi connectivity index (χ3v) is 1.89. The van der Waals surface area contributed by atoms with E-state index in [1.54, 1.807) is 0 Å². The van der Waals surface area contributed by atoms with Gasteiger partial charge in [-0.3, -0.25) is 14.3 Å². The molecule has 0 atom stereocenters. The van der Waals surface area contributed by atoms with Gasteiger partial charge in [-0.1, -0.05) is 0 Å². The smallest absolute Gasteiger partial charge is 0.325 e. The lowest BCUT2D eigenvalue weighted by atomic mass is 10.6. The average Bonchev–Trinajstić information content (AvgIpc) is 2.28. The second-order valence-corrected chi connectivity index (χ2v) is 3.45. The first-order valence-electron chi connectivity index (χ1n) is 3.71. The van der Waals surface area contributed by atoms with Crippen LogP contribution in [0.25, 0.3) is 0 Å². The molecule has 7 heteroatoms. The van der Waals surface area contributed by atoms with Crippen molar-refractivity contribution in [3.8, 4) is 0 Å². The summed E-state index contributed by atoms with van der Waals surface area (Å²) in [5, 5.41) is 14.8. The van der Waals surface area contributed by atoms with Crippen LogP contribution in [0.15, 0.2) is 10.7 Å². The number of aliphatic carboxylic acids is 1. The number of nitrogens with one attached hydrogen (secondary N) is 1. The van der Waals surface area contributed by atoms with Crippen molar-refractivity contribution in [3.63, 3.8) is 0 Å². The van der Waals surface area contributed by atoms with Crippen LogP contribution >= 0.6 is 15.9 Å². The van der Waals surface area contributed by atoms with Crippen LogP contribution < -0.4 is 5.32 Å². The van der Waals surface area contributed by atoms with Crippen molar-refractivity contribution in [2.45, 2.75) is 13.5 Å². The molecule has 2 N–H and O–H groups in total. The normalized spacial score (nSPS) is 9.86. The van der Waals surface area contributed by atoms with Crippen molar-refractivity contribution in [1.29, 1.82) is 0 Å². The molecule has 0 spiro atoms. The number of hydrogen-bond donors (Lipinski definition) is 2. The van der Waals surface area contributed by atoms with E-state index in [0.717, 1.165) is 0 Å². The summed E-state index contributed by atoms with van der Waals surface area (Å²) in [6, 6.07) is 0. The summed E-state index contributed by atoms with van der Waals surface area (Å²) in [7, 11) is 0. The van der Waals surface area contributed by atoms with Crippen LogP contribution in [0.5, 0.6) is 0 Å². The molecule has 0 saturated carbocycles. The SMILES string of the molecule is CC(=O)Nc1nn(CC(=O)O)cc1Br. The van der Waals surface area contributed by atoms with Crippen LogP contribution in [0.3, 0.4) is 0 Å². The Morgan fingerprint density at radius 1 is 1.71 bits per heavy atom. The quantitative estimate of drug-likeness (QED) is 0.839. The molecular weight excluding hydrogens is 254 g/mol. The molecule has 0 unspecified atom stereocenters. The zero-order chi connectivity index (χ0) is 10.7. The van der Waals surface area contributed by atoms with Crippen molar-refractivity contribution >= 4 is 33.6 Å². The third-order valence-electron chi connectivity index (χ3n) is 1.31. The number of carbonyl (C=O) groups is 2. The Kier molecular flexibility index (Phi) is 3.23. The number of carboxylic acid groups (broad SMARTS) is 1. The summed E-state index contributed by atoms with van der Waals surface area (Å²) < 4.78 is 1.77. The number of rotatable bonds is 3. The van der Waals surface area contributed by atoms with Gasteiger partial charge in [-0.2, -0.15) is 5.10 Å². The number of carboxylic acids is 1. The van der Waals surface area contributed by atoms with Gasteiger partial charge in [-0.15, -0.1) is 0 Å². The van der Waals surface area contributed by atoms with E-state index in [1.165, 1.54) is 17.8 Å². The Hall–Kier alpha value is -1.37. The molecule has 0 radical (unpaired) electrons. The van der Waals surface area contributed by atoms with Crippen LogP contribution in [0, 0.1) is 0 Å². The molecule has 14 heavy (non-hydrogen) atoms. The van der Waals surface area contributed by atoms with E-state index in [4.69, 9.17) is 5.11 Å². The zero-order valence-electron chi connectivity index (χ0n) is 7.32. The molecule has 0 aliphatic rings. The molecule has 1 rings (SSSR count). The Bertz CT molecular complexity index is 374. The number of amides is 1. The zero-order valence-corrected chi connectivity index (χ0v) is 8.91. The first kappa shape index (κ1) is 10.7. The first-order chi connectivity index (χ1) is 6.49. The fraction of sp³-hybridized carbons (Fsp3) is 0.286. The topological polar surface area (TPSA) is 84.2 Å². The van der Waals surface area contributed by atoms with E-state index in [-0.39, 0.29) is 12.5 Å². The molecule has 0 aliphatic carbocycles. The monoisotopic (exact) mass is 261 g/mol. The largest absolute Gasteiger partial charge is 0.480 e. The second kappa shape index (κ2) is 4.23. The van der Waals surface area contributed by atoms with E-state index in [1.807, 2.05) is 0 Å². The first-order valence-corrected chi connectivity index (χ1v) is 4.50. The number of nitrogens with zero attached hydrogens (tertiary/aromatic N) is 2. The van der Waals surface area contributed by atoms with Crippen molar-refractivity contribution in [1.82, 2.24) is 9.78 Å². The maximum atomic E-state index is 10.7. The molecule has 1 aromatic heterocycles. The summed E-state index contributed by atoms with van der Waals surface area (Å²) >= 11 is 3.14. The van der Waals surface area contributed by atoms with Gasteiger partial charge < -0.3 is 10.4 Å². The lowest BCUT2D eigenvalue weighted by molar-refractivity contribution is -0.137. The van der Waals surface area contributed by atoms with E-state index < -0.39 is 5.97 Å².